The fraction of sp³-hybridized carbons (Fsp3) is 0.538. The van der Waals surface area contributed by atoms with Gasteiger partial charge in [-0.15, -0.1) is 0 Å². The van der Waals surface area contributed by atoms with Crippen molar-refractivity contribution in [2.45, 2.75) is 31.6 Å². The zero-order valence-corrected chi connectivity index (χ0v) is 11.2. The van der Waals surface area contributed by atoms with E-state index in [-0.39, 0.29) is 29.0 Å². The van der Waals surface area contributed by atoms with Crippen LogP contribution in [0.15, 0.2) is 18.2 Å². The highest BCUT2D eigenvalue weighted by Crippen LogP contribution is 2.34. The van der Waals surface area contributed by atoms with Crippen LogP contribution < -0.4 is 10.1 Å². The first kappa shape index (κ1) is 13.6. The topological polar surface area (TPSA) is 30.5 Å². The summed E-state index contributed by atoms with van der Waals surface area (Å²) in [5.41, 5.74) is 0. The second kappa shape index (κ2) is 5.87. The zero-order valence-electron chi connectivity index (χ0n) is 10.5. The van der Waals surface area contributed by atoms with E-state index in [0.717, 1.165) is 13.0 Å². The number of methoxy groups -OCH3 is 1. The first-order valence-electron chi connectivity index (χ1n) is 6.04. The maximum Gasteiger partial charge on any atom is 0.174 e. The minimum absolute atomic E-state index is 0.0689. The molecule has 0 aromatic heterocycles. The number of para-hydroxylation sites is 1. The van der Waals surface area contributed by atoms with Crippen molar-refractivity contribution in [3.05, 3.63) is 29.0 Å². The second-order valence-electron chi connectivity index (χ2n) is 4.31. The van der Waals surface area contributed by atoms with Crippen LogP contribution in [0.4, 0.5) is 4.39 Å². The van der Waals surface area contributed by atoms with Gasteiger partial charge >= 0.3 is 0 Å². The van der Waals surface area contributed by atoms with E-state index in [9.17, 15) is 4.39 Å². The second-order valence-corrected chi connectivity index (χ2v) is 4.71. The van der Waals surface area contributed by atoms with Crippen LogP contribution in [-0.4, -0.2) is 31.9 Å². The summed E-state index contributed by atoms with van der Waals surface area (Å²) in [7, 11) is 1.63. The van der Waals surface area contributed by atoms with Crippen LogP contribution in [-0.2, 0) is 4.74 Å². The Labute approximate surface area is 111 Å². The van der Waals surface area contributed by atoms with E-state index >= 15 is 0 Å². The van der Waals surface area contributed by atoms with E-state index in [0.29, 0.717) is 0 Å². The Morgan fingerprint density at radius 3 is 2.89 bits per heavy atom. The van der Waals surface area contributed by atoms with Crippen LogP contribution in [0.5, 0.6) is 5.75 Å². The lowest BCUT2D eigenvalue weighted by molar-refractivity contribution is -0.0894. The number of benzene rings is 1. The van der Waals surface area contributed by atoms with Crippen molar-refractivity contribution in [3.8, 4) is 5.75 Å². The Hall–Kier alpha value is -0.840. The number of nitrogens with one attached hydrogen (secondary N) is 1. The van der Waals surface area contributed by atoms with Crippen molar-refractivity contribution in [1.29, 1.82) is 0 Å². The molecule has 3 nitrogen and oxygen atoms in total. The van der Waals surface area contributed by atoms with Crippen molar-refractivity contribution in [2.24, 2.45) is 0 Å². The molecule has 5 heteroatoms. The number of halogens is 2. The van der Waals surface area contributed by atoms with Gasteiger partial charge in [-0.3, -0.25) is 0 Å². The third-order valence-electron chi connectivity index (χ3n) is 3.18. The van der Waals surface area contributed by atoms with Crippen molar-refractivity contribution in [2.75, 3.05) is 13.7 Å². The SMILES string of the molecule is CCNC1CC(Oc2c(F)cccc2Cl)C1OC. The first-order chi connectivity index (χ1) is 8.67. The van der Waals surface area contributed by atoms with Crippen LogP contribution in [0.25, 0.3) is 0 Å². The maximum absolute atomic E-state index is 13.6. The fourth-order valence-electron chi connectivity index (χ4n) is 2.22. The van der Waals surface area contributed by atoms with Crippen molar-refractivity contribution >= 4 is 11.6 Å². The summed E-state index contributed by atoms with van der Waals surface area (Å²) in [5.74, 6) is -0.328. The number of rotatable bonds is 5. The Bertz CT molecular complexity index is 396. The van der Waals surface area contributed by atoms with E-state index < -0.39 is 5.82 Å². The molecule has 1 aromatic rings. The van der Waals surface area contributed by atoms with Gasteiger partial charge in [0, 0.05) is 19.6 Å². The number of hydrogen-bond acceptors (Lipinski definition) is 3. The third-order valence-corrected chi connectivity index (χ3v) is 3.47. The molecule has 1 fully saturated rings. The van der Waals surface area contributed by atoms with Gasteiger partial charge in [0.05, 0.1) is 5.02 Å². The highest BCUT2D eigenvalue weighted by atomic mass is 35.5. The van der Waals surface area contributed by atoms with Crippen LogP contribution >= 0.6 is 11.6 Å². The van der Waals surface area contributed by atoms with Gasteiger partial charge in [-0.1, -0.05) is 24.6 Å². The zero-order chi connectivity index (χ0) is 13.1. The molecule has 18 heavy (non-hydrogen) atoms. The van der Waals surface area contributed by atoms with E-state index in [2.05, 4.69) is 5.32 Å². The fourth-order valence-corrected chi connectivity index (χ4v) is 2.43. The molecule has 1 N–H and O–H groups in total. The molecule has 0 spiro atoms. The molecule has 3 atom stereocenters. The molecule has 3 unspecified atom stereocenters. The molecule has 2 rings (SSSR count). The summed E-state index contributed by atoms with van der Waals surface area (Å²) in [6.07, 6.45) is 0.561. The van der Waals surface area contributed by atoms with Crippen molar-refractivity contribution < 1.29 is 13.9 Å². The van der Waals surface area contributed by atoms with Gasteiger partial charge in [0.2, 0.25) is 0 Å². The molecule has 100 valence electrons. The average molecular weight is 274 g/mol. The van der Waals surface area contributed by atoms with Gasteiger partial charge in [0.15, 0.2) is 11.6 Å². The van der Waals surface area contributed by atoms with Gasteiger partial charge in [0.25, 0.3) is 0 Å². The number of likely N-dealkylation sites (N-methyl/N-ethyl adjacent to an activating group) is 1. The molecule has 1 aromatic carbocycles. The summed E-state index contributed by atoms with van der Waals surface area (Å²) >= 11 is 5.92. The van der Waals surface area contributed by atoms with Gasteiger partial charge in [-0.25, -0.2) is 4.39 Å². The monoisotopic (exact) mass is 273 g/mol. The Kier molecular flexibility index (Phi) is 4.43. The molecule has 0 bridgehead atoms. The highest BCUT2D eigenvalue weighted by Gasteiger charge is 2.43. The summed E-state index contributed by atoms with van der Waals surface area (Å²) in [4.78, 5) is 0. The van der Waals surface area contributed by atoms with Crippen molar-refractivity contribution in [1.82, 2.24) is 5.32 Å². The van der Waals surface area contributed by atoms with Gasteiger partial charge in [-0.05, 0) is 18.7 Å². The number of ether oxygens (including phenoxy) is 2. The van der Waals surface area contributed by atoms with Crippen molar-refractivity contribution in [3.63, 3.8) is 0 Å². The van der Waals surface area contributed by atoms with Crippen LogP contribution in [0.3, 0.4) is 0 Å². The summed E-state index contributed by atoms with van der Waals surface area (Å²) in [5, 5.41) is 3.58. The Morgan fingerprint density at radius 2 is 2.28 bits per heavy atom. The lowest BCUT2D eigenvalue weighted by Crippen LogP contribution is -2.61. The quantitative estimate of drug-likeness (QED) is 0.895. The smallest absolute Gasteiger partial charge is 0.174 e. The van der Waals surface area contributed by atoms with Gasteiger partial charge in [0.1, 0.15) is 12.2 Å². The minimum Gasteiger partial charge on any atom is -0.483 e. The molecule has 0 radical (unpaired) electrons. The van der Waals surface area contributed by atoms with Crippen LogP contribution in [0.1, 0.15) is 13.3 Å². The van der Waals surface area contributed by atoms with E-state index in [4.69, 9.17) is 21.1 Å². The summed E-state index contributed by atoms with van der Waals surface area (Å²) < 4.78 is 24.6. The maximum atomic E-state index is 13.6. The molecular weight excluding hydrogens is 257 g/mol. The highest BCUT2D eigenvalue weighted by molar-refractivity contribution is 6.32. The molecule has 1 saturated carbocycles. The Balaban J connectivity index is 2.03. The molecule has 0 heterocycles. The minimum atomic E-state index is -0.441. The lowest BCUT2D eigenvalue weighted by Gasteiger charge is -2.43. The first-order valence-corrected chi connectivity index (χ1v) is 6.42. The predicted octanol–water partition coefficient (Wildman–Crippen LogP) is 2.62. The average Bonchev–Trinajstić information content (AvgIpc) is 2.31. The molecule has 0 amide bonds. The Morgan fingerprint density at radius 1 is 1.50 bits per heavy atom. The van der Waals surface area contributed by atoms with Crippen LogP contribution in [0, 0.1) is 5.82 Å². The van der Waals surface area contributed by atoms with Gasteiger partial charge < -0.3 is 14.8 Å². The largest absolute Gasteiger partial charge is 0.483 e. The lowest BCUT2D eigenvalue weighted by atomic mass is 9.85. The molecule has 0 aliphatic heterocycles. The third kappa shape index (κ3) is 2.60. The summed E-state index contributed by atoms with van der Waals surface area (Å²) in [6, 6.07) is 4.77. The molecular formula is C13H17ClFNO2. The molecule has 1 aliphatic rings. The molecule has 1 aliphatic carbocycles. The van der Waals surface area contributed by atoms with Gasteiger partial charge in [-0.2, -0.15) is 0 Å². The molecule has 0 saturated heterocycles. The number of hydrogen-bond donors (Lipinski definition) is 1. The predicted molar refractivity (Wildman–Crippen MR) is 68.7 cm³/mol. The normalized spacial score (nSPS) is 26.8. The standard InChI is InChI=1S/C13H17ClFNO2/c1-3-16-10-7-11(13(10)17-2)18-12-8(14)5-4-6-9(12)15/h4-6,10-11,13,16H,3,7H2,1-2H3. The van der Waals surface area contributed by atoms with E-state index in [1.54, 1.807) is 19.2 Å². The van der Waals surface area contributed by atoms with E-state index in [1.165, 1.54) is 6.07 Å². The van der Waals surface area contributed by atoms with Crippen LogP contribution in [0.2, 0.25) is 5.02 Å². The summed E-state index contributed by atoms with van der Waals surface area (Å²) in [6.45, 7) is 2.91. The van der Waals surface area contributed by atoms with E-state index in [1.807, 2.05) is 6.92 Å².